The molecule has 0 unspecified atom stereocenters. The molecule has 0 aromatic heterocycles. The van der Waals surface area contributed by atoms with Crippen molar-refractivity contribution < 1.29 is 14.4 Å². The molecule has 0 saturated heterocycles. The number of nitrogens with zero attached hydrogens (tertiary/aromatic N) is 2. The fourth-order valence-corrected chi connectivity index (χ4v) is 5.00. The highest BCUT2D eigenvalue weighted by Gasteiger charge is 2.30. The van der Waals surface area contributed by atoms with E-state index in [1.54, 1.807) is 16.7 Å². The van der Waals surface area contributed by atoms with E-state index in [-0.39, 0.29) is 30.2 Å². The minimum atomic E-state index is -0.615. The second-order valence-corrected chi connectivity index (χ2v) is 10.1. The van der Waals surface area contributed by atoms with Crippen LogP contribution in [0.4, 0.5) is 5.69 Å². The van der Waals surface area contributed by atoms with E-state index in [9.17, 15) is 14.4 Å². The molecular weight excluding hydrogens is 506 g/mol. The number of carbonyl (C=O) groups is 3. The lowest BCUT2D eigenvalue weighted by atomic mass is 10.1. The minimum absolute atomic E-state index is 0.0155. The number of benzene rings is 3. The minimum Gasteiger partial charge on any atom is -0.352 e. The molecule has 1 heterocycles. The number of hydrogen-bond acceptors (Lipinski definition) is 3. The van der Waals surface area contributed by atoms with Crippen LogP contribution in [0.5, 0.6) is 0 Å². The van der Waals surface area contributed by atoms with Gasteiger partial charge in [0.25, 0.3) is 5.91 Å². The van der Waals surface area contributed by atoms with Gasteiger partial charge in [-0.15, -0.1) is 0 Å². The molecule has 3 aromatic carbocycles. The predicted octanol–water partition coefficient (Wildman–Crippen LogP) is 5.28. The standard InChI is InChI=1S/C28H30BrN3O3/c1-18(2)30-27(34)19(3)32(17-20-8-4-11-22(29)16-20)25(33)14-7-15-31-24-13-6-10-21-9-5-12-23(26(21)24)28(31)35/h4-6,8-13,16,18-19H,7,14-15,17H2,1-3H3,(H,30,34)/t19-/m1/s1. The lowest BCUT2D eigenvalue weighted by molar-refractivity contribution is -0.140. The Morgan fingerprint density at radius 1 is 1.03 bits per heavy atom. The van der Waals surface area contributed by atoms with E-state index in [2.05, 4.69) is 21.2 Å². The Labute approximate surface area is 214 Å². The Bertz CT molecular complexity index is 1270. The zero-order valence-corrected chi connectivity index (χ0v) is 21.8. The van der Waals surface area contributed by atoms with Gasteiger partial charge in [0.15, 0.2) is 0 Å². The molecule has 0 radical (unpaired) electrons. The second kappa shape index (κ2) is 10.6. The van der Waals surface area contributed by atoms with E-state index in [1.807, 2.05) is 74.5 Å². The molecule has 1 aliphatic heterocycles. The van der Waals surface area contributed by atoms with Crippen LogP contribution >= 0.6 is 15.9 Å². The largest absolute Gasteiger partial charge is 0.352 e. The second-order valence-electron chi connectivity index (χ2n) is 9.23. The molecule has 0 bridgehead atoms. The summed E-state index contributed by atoms with van der Waals surface area (Å²) in [4.78, 5) is 42.5. The van der Waals surface area contributed by atoms with Gasteiger partial charge in [-0.25, -0.2) is 0 Å². The Balaban J connectivity index is 1.46. The van der Waals surface area contributed by atoms with Gasteiger partial charge in [-0.05, 0) is 62.4 Å². The van der Waals surface area contributed by atoms with Gasteiger partial charge in [-0.2, -0.15) is 0 Å². The van der Waals surface area contributed by atoms with Gasteiger partial charge >= 0.3 is 0 Å². The zero-order chi connectivity index (χ0) is 25.1. The van der Waals surface area contributed by atoms with E-state index in [4.69, 9.17) is 0 Å². The lowest BCUT2D eigenvalue weighted by Crippen LogP contribution is -2.49. The summed E-state index contributed by atoms with van der Waals surface area (Å²) in [5.41, 5.74) is 2.54. The number of anilines is 1. The van der Waals surface area contributed by atoms with Crippen molar-refractivity contribution in [2.45, 2.75) is 52.2 Å². The summed E-state index contributed by atoms with van der Waals surface area (Å²) in [5.74, 6) is -0.320. The third-order valence-electron chi connectivity index (χ3n) is 6.26. The van der Waals surface area contributed by atoms with Crippen LogP contribution < -0.4 is 10.2 Å². The maximum absolute atomic E-state index is 13.4. The molecule has 1 N–H and O–H groups in total. The van der Waals surface area contributed by atoms with Gasteiger partial charge in [-0.3, -0.25) is 14.4 Å². The number of nitrogens with one attached hydrogen (secondary N) is 1. The summed E-state index contributed by atoms with van der Waals surface area (Å²) in [5, 5.41) is 4.92. The van der Waals surface area contributed by atoms with E-state index in [0.29, 0.717) is 25.1 Å². The molecule has 0 aliphatic carbocycles. The topological polar surface area (TPSA) is 69.7 Å². The monoisotopic (exact) mass is 535 g/mol. The first-order valence-electron chi connectivity index (χ1n) is 11.9. The number of rotatable bonds is 9. The van der Waals surface area contributed by atoms with Crippen LogP contribution in [-0.2, 0) is 16.1 Å². The van der Waals surface area contributed by atoms with Crippen molar-refractivity contribution >= 4 is 50.1 Å². The Kier molecular flexibility index (Phi) is 7.55. The highest BCUT2D eigenvalue weighted by atomic mass is 79.9. The predicted molar refractivity (Wildman–Crippen MR) is 142 cm³/mol. The van der Waals surface area contributed by atoms with E-state index in [0.717, 1.165) is 26.5 Å². The zero-order valence-electron chi connectivity index (χ0n) is 20.3. The molecule has 182 valence electrons. The highest BCUT2D eigenvalue weighted by molar-refractivity contribution is 9.10. The van der Waals surface area contributed by atoms with E-state index < -0.39 is 6.04 Å². The first-order valence-corrected chi connectivity index (χ1v) is 12.7. The SMILES string of the molecule is CC(C)NC(=O)[C@@H](C)N(Cc1cccc(Br)c1)C(=O)CCCN1C(=O)c2cccc3cccc1c23. The van der Waals surface area contributed by atoms with Crippen molar-refractivity contribution in [3.63, 3.8) is 0 Å². The van der Waals surface area contributed by atoms with Crippen LogP contribution in [0.25, 0.3) is 10.8 Å². The number of hydrogen-bond donors (Lipinski definition) is 1. The van der Waals surface area contributed by atoms with Crippen LogP contribution in [0.2, 0.25) is 0 Å². The average molecular weight is 536 g/mol. The van der Waals surface area contributed by atoms with Gasteiger partial charge in [0.2, 0.25) is 11.8 Å². The number of carbonyl (C=O) groups excluding carboxylic acids is 3. The Morgan fingerprint density at radius 3 is 2.46 bits per heavy atom. The highest BCUT2D eigenvalue weighted by Crippen LogP contribution is 2.37. The van der Waals surface area contributed by atoms with Gasteiger partial charge in [0, 0.05) is 41.0 Å². The van der Waals surface area contributed by atoms with E-state index >= 15 is 0 Å². The summed E-state index contributed by atoms with van der Waals surface area (Å²) < 4.78 is 0.919. The number of halogens is 1. The average Bonchev–Trinajstić information content (AvgIpc) is 3.10. The summed E-state index contributed by atoms with van der Waals surface area (Å²) in [7, 11) is 0. The normalized spacial score (nSPS) is 13.4. The summed E-state index contributed by atoms with van der Waals surface area (Å²) in [6, 6.07) is 18.8. The molecule has 3 aromatic rings. The molecule has 35 heavy (non-hydrogen) atoms. The maximum Gasteiger partial charge on any atom is 0.258 e. The Hall–Kier alpha value is -3.19. The van der Waals surface area contributed by atoms with Crippen LogP contribution in [0.1, 0.15) is 49.5 Å². The van der Waals surface area contributed by atoms with Crippen molar-refractivity contribution in [2.24, 2.45) is 0 Å². The number of amides is 3. The third-order valence-corrected chi connectivity index (χ3v) is 6.75. The van der Waals surface area contributed by atoms with Gasteiger partial charge in [0.05, 0.1) is 5.69 Å². The third kappa shape index (κ3) is 5.40. The van der Waals surface area contributed by atoms with Gasteiger partial charge < -0.3 is 15.1 Å². The summed E-state index contributed by atoms with van der Waals surface area (Å²) >= 11 is 3.48. The first kappa shape index (κ1) is 24.9. The molecule has 6 nitrogen and oxygen atoms in total. The van der Waals surface area contributed by atoms with Crippen molar-refractivity contribution in [2.75, 3.05) is 11.4 Å². The van der Waals surface area contributed by atoms with Crippen molar-refractivity contribution in [3.05, 3.63) is 76.3 Å². The summed E-state index contributed by atoms with van der Waals surface area (Å²) in [6.07, 6.45) is 0.742. The Morgan fingerprint density at radius 2 is 1.74 bits per heavy atom. The quantitative estimate of drug-likeness (QED) is 0.405. The van der Waals surface area contributed by atoms with Crippen LogP contribution in [-0.4, -0.2) is 41.2 Å². The fourth-order valence-electron chi connectivity index (χ4n) is 4.55. The first-order chi connectivity index (χ1) is 16.8. The van der Waals surface area contributed by atoms with Crippen LogP contribution in [0.3, 0.4) is 0 Å². The molecule has 0 spiro atoms. The molecule has 0 saturated carbocycles. The van der Waals surface area contributed by atoms with Crippen molar-refractivity contribution in [1.82, 2.24) is 10.2 Å². The van der Waals surface area contributed by atoms with Crippen molar-refractivity contribution in [1.29, 1.82) is 0 Å². The molecule has 1 atom stereocenters. The van der Waals surface area contributed by atoms with Crippen LogP contribution in [0, 0.1) is 0 Å². The molecule has 4 rings (SSSR count). The molecular formula is C28H30BrN3O3. The van der Waals surface area contributed by atoms with Crippen LogP contribution in [0.15, 0.2) is 65.1 Å². The molecule has 7 heteroatoms. The van der Waals surface area contributed by atoms with Gasteiger partial charge in [0.1, 0.15) is 6.04 Å². The van der Waals surface area contributed by atoms with E-state index in [1.165, 1.54) is 0 Å². The molecule has 3 amide bonds. The molecule has 0 fully saturated rings. The smallest absolute Gasteiger partial charge is 0.258 e. The maximum atomic E-state index is 13.4. The molecule has 1 aliphatic rings. The lowest BCUT2D eigenvalue weighted by Gasteiger charge is -2.30. The van der Waals surface area contributed by atoms with Crippen molar-refractivity contribution in [3.8, 4) is 0 Å². The fraction of sp³-hybridized carbons (Fsp3) is 0.321. The summed E-state index contributed by atoms with van der Waals surface area (Å²) in [6.45, 7) is 6.33. The van der Waals surface area contributed by atoms with Gasteiger partial charge in [-0.1, -0.05) is 52.3 Å².